The summed E-state index contributed by atoms with van der Waals surface area (Å²) in [6.07, 6.45) is 0.791. The van der Waals surface area contributed by atoms with Crippen LogP contribution in [0.15, 0.2) is 17.5 Å². The second-order valence-corrected chi connectivity index (χ2v) is 8.24. The lowest BCUT2D eigenvalue weighted by atomic mass is 9.81. The van der Waals surface area contributed by atoms with E-state index in [1.54, 1.807) is 30.1 Å². The summed E-state index contributed by atoms with van der Waals surface area (Å²) in [5.74, 6) is -0.0585. The van der Waals surface area contributed by atoms with Gasteiger partial charge >= 0.3 is 0 Å². The topological polar surface area (TPSA) is 49.4 Å². The Hall–Kier alpha value is -1.36. The Morgan fingerprint density at radius 2 is 2.00 bits per heavy atom. The summed E-state index contributed by atoms with van der Waals surface area (Å²) in [6, 6.07) is 3.66. The fraction of sp³-hybridized carbons (Fsp3) is 0.625. The van der Waals surface area contributed by atoms with Crippen LogP contribution in [-0.4, -0.2) is 34.8 Å². The Balaban J connectivity index is 2.25. The summed E-state index contributed by atoms with van der Waals surface area (Å²) in [6.45, 7) is 10.1. The Kier molecular flexibility index (Phi) is 4.15. The minimum absolute atomic E-state index is 0.00131. The van der Waals surface area contributed by atoms with E-state index in [0.29, 0.717) is 6.54 Å². The third kappa shape index (κ3) is 3.28. The summed E-state index contributed by atoms with van der Waals surface area (Å²) < 4.78 is 0. The molecule has 1 aliphatic heterocycles. The molecule has 0 aromatic carbocycles. The van der Waals surface area contributed by atoms with Gasteiger partial charge in [-0.25, -0.2) is 0 Å². The maximum Gasteiger partial charge on any atom is 0.248 e. The Morgan fingerprint density at radius 1 is 1.33 bits per heavy atom. The molecule has 2 amide bonds. The van der Waals surface area contributed by atoms with Crippen LogP contribution in [-0.2, 0) is 16.0 Å². The Bertz CT molecular complexity index is 529. The van der Waals surface area contributed by atoms with Crippen molar-refractivity contribution in [3.8, 4) is 0 Å². The molecule has 4 nitrogen and oxygen atoms in total. The fourth-order valence-corrected chi connectivity index (χ4v) is 3.52. The smallest absolute Gasteiger partial charge is 0.248 e. The van der Waals surface area contributed by atoms with E-state index in [4.69, 9.17) is 0 Å². The third-order valence-corrected chi connectivity index (χ3v) is 4.73. The zero-order valence-electron chi connectivity index (χ0n) is 13.4. The van der Waals surface area contributed by atoms with Crippen molar-refractivity contribution in [3.63, 3.8) is 0 Å². The molecular weight excluding hydrogens is 284 g/mol. The number of nitrogens with zero attached hydrogens (tertiary/aromatic N) is 1. The van der Waals surface area contributed by atoms with E-state index in [1.165, 1.54) is 4.88 Å². The number of piperazine rings is 1. The number of nitrogens with one attached hydrogen (secondary N) is 1. The zero-order valence-corrected chi connectivity index (χ0v) is 14.2. The first-order valence-electron chi connectivity index (χ1n) is 7.28. The monoisotopic (exact) mass is 308 g/mol. The molecule has 0 aliphatic carbocycles. The zero-order chi connectivity index (χ0) is 15.8. The molecule has 1 aliphatic rings. The van der Waals surface area contributed by atoms with E-state index in [2.05, 4.69) is 11.4 Å². The van der Waals surface area contributed by atoms with Crippen LogP contribution in [0.1, 0.15) is 39.5 Å². The van der Waals surface area contributed by atoms with Gasteiger partial charge < -0.3 is 10.2 Å². The van der Waals surface area contributed by atoms with Crippen molar-refractivity contribution in [3.05, 3.63) is 22.4 Å². The van der Waals surface area contributed by atoms with Crippen molar-refractivity contribution in [2.45, 2.75) is 52.6 Å². The number of hydrogen-bond donors (Lipinski definition) is 1. The van der Waals surface area contributed by atoms with Gasteiger partial charge in [0, 0.05) is 11.4 Å². The molecule has 1 aromatic heterocycles. The van der Waals surface area contributed by atoms with Crippen LogP contribution < -0.4 is 5.32 Å². The molecule has 5 heteroatoms. The Morgan fingerprint density at radius 3 is 2.52 bits per heavy atom. The molecule has 0 saturated carbocycles. The standard InChI is InChI=1S/C16H24N2O2S/c1-15(2,3)12-13(19)17-16(4,5)14(20)18(12)9-8-11-7-6-10-21-11/h6-7,10,12H,8-9H2,1-5H3,(H,17,19). The van der Waals surface area contributed by atoms with Crippen LogP contribution in [0.4, 0.5) is 0 Å². The number of amides is 2. The third-order valence-electron chi connectivity index (χ3n) is 3.79. The minimum Gasteiger partial charge on any atom is -0.340 e. The molecule has 2 rings (SSSR count). The van der Waals surface area contributed by atoms with Crippen LogP contribution >= 0.6 is 11.3 Å². The maximum absolute atomic E-state index is 12.7. The largest absolute Gasteiger partial charge is 0.340 e. The van der Waals surface area contributed by atoms with Crippen molar-refractivity contribution in [1.29, 1.82) is 0 Å². The Labute approximate surface area is 130 Å². The molecule has 1 aromatic rings. The van der Waals surface area contributed by atoms with E-state index in [1.807, 2.05) is 32.2 Å². The first kappa shape index (κ1) is 16.0. The van der Waals surface area contributed by atoms with Crippen LogP contribution in [0.25, 0.3) is 0 Å². The molecule has 2 heterocycles. The molecule has 0 bridgehead atoms. The molecule has 1 atom stereocenters. The van der Waals surface area contributed by atoms with Crippen molar-refractivity contribution in [2.75, 3.05) is 6.54 Å². The molecule has 1 N–H and O–H groups in total. The van der Waals surface area contributed by atoms with Crippen molar-refractivity contribution < 1.29 is 9.59 Å². The van der Waals surface area contributed by atoms with Gasteiger partial charge in [0.25, 0.3) is 0 Å². The van der Waals surface area contributed by atoms with E-state index in [9.17, 15) is 9.59 Å². The van der Waals surface area contributed by atoms with Crippen LogP contribution in [0.5, 0.6) is 0 Å². The van der Waals surface area contributed by atoms with Crippen LogP contribution in [0.3, 0.4) is 0 Å². The lowest BCUT2D eigenvalue weighted by Crippen LogP contribution is -2.70. The normalized spacial score (nSPS) is 22.3. The summed E-state index contributed by atoms with van der Waals surface area (Å²) in [7, 11) is 0. The molecule has 1 saturated heterocycles. The van der Waals surface area contributed by atoms with E-state index in [-0.39, 0.29) is 17.2 Å². The molecule has 1 fully saturated rings. The van der Waals surface area contributed by atoms with Crippen molar-refractivity contribution in [2.24, 2.45) is 5.41 Å². The van der Waals surface area contributed by atoms with E-state index in [0.717, 1.165) is 6.42 Å². The van der Waals surface area contributed by atoms with Crippen LogP contribution in [0.2, 0.25) is 0 Å². The highest BCUT2D eigenvalue weighted by atomic mass is 32.1. The van der Waals surface area contributed by atoms with Gasteiger partial charge in [0.05, 0.1) is 0 Å². The van der Waals surface area contributed by atoms with Gasteiger partial charge in [-0.2, -0.15) is 0 Å². The van der Waals surface area contributed by atoms with E-state index < -0.39 is 11.6 Å². The first-order chi connectivity index (χ1) is 9.63. The average Bonchev–Trinajstić information content (AvgIpc) is 2.82. The molecule has 21 heavy (non-hydrogen) atoms. The summed E-state index contributed by atoms with van der Waals surface area (Å²) in [4.78, 5) is 28.2. The first-order valence-corrected chi connectivity index (χ1v) is 8.16. The predicted octanol–water partition coefficient (Wildman–Crippen LogP) is 2.44. The average molecular weight is 308 g/mol. The quantitative estimate of drug-likeness (QED) is 0.932. The summed E-state index contributed by atoms with van der Waals surface area (Å²) in [5, 5.41) is 4.89. The van der Waals surface area contributed by atoms with Gasteiger partial charge in [-0.3, -0.25) is 9.59 Å². The summed E-state index contributed by atoms with van der Waals surface area (Å²) >= 11 is 1.68. The lowest BCUT2D eigenvalue weighted by molar-refractivity contribution is -0.157. The SMILES string of the molecule is CC1(C)NC(=O)C(C(C)(C)C)N(CCc2cccs2)C1=O. The number of carbonyl (C=O) groups excluding carboxylic acids is 2. The second kappa shape index (κ2) is 5.44. The number of rotatable bonds is 3. The van der Waals surface area contributed by atoms with Gasteiger partial charge in [-0.1, -0.05) is 26.8 Å². The van der Waals surface area contributed by atoms with Gasteiger partial charge in [0.1, 0.15) is 11.6 Å². The van der Waals surface area contributed by atoms with Gasteiger partial charge in [0.2, 0.25) is 11.8 Å². The van der Waals surface area contributed by atoms with Gasteiger partial charge in [-0.15, -0.1) is 11.3 Å². The van der Waals surface area contributed by atoms with E-state index >= 15 is 0 Å². The molecule has 116 valence electrons. The maximum atomic E-state index is 12.7. The predicted molar refractivity (Wildman–Crippen MR) is 85.2 cm³/mol. The highest BCUT2D eigenvalue weighted by Gasteiger charge is 2.49. The second-order valence-electron chi connectivity index (χ2n) is 7.21. The fourth-order valence-electron chi connectivity index (χ4n) is 2.82. The number of hydrogen-bond acceptors (Lipinski definition) is 3. The van der Waals surface area contributed by atoms with Crippen molar-refractivity contribution >= 4 is 23.2 Å². The number of thiophene rings is 1. The van der Waals surface area contributed by atoms with Gasteiger partial charge in [0.15, 0.2) is 0 Å². The molecular formula is C16H24N2O2S. The number of carbonyl (C=O) groups is 2. The minimum atomic E-state index is -0.825. The molecule has 1 unspecified atom stereocenters. The van der Waals surface area contributed by atoms with Gasteiger partial charge in [-0.05, 0) is 37.1 Å². The lowest BCUT2D eigenvalue weighted by Gasteiger charge is -2.47. The van der Waals surface area contributed by atoms with Crippen molar-refractivity contribution in [1.82, 2.24) is 10.2 Å². The highest BCUT2D eigenvalue weighted by molar-refractivity contribution is 7.09. The molecule has 0 radical (unpaired) electrons. The summed E-state index contributed by atoms with van der Waals surface area (Å²) in [5.41, 5.74) is -1.11. The molecule has 0 spiro atoms. The highest BCUT2D eigenvalue weighted by Crippen LogP contribution is 2.30. The van der Waals surface area contributed by atoms with Crippen LogP contribution in [0, 0.1) is 5.41 Å².